The van der Waals surface area contributed by atoms with Crippen LogP contribution in [0.2, 0.25) is 0 Å². The highest BCUT2D eigenvalue weighted by Gasteiger charge is 2.30. The molecule has 3 N–H and O–H groups in total. The lowest BCUT2D eigenvalue weighted by Gasteiger charge is -2.17. The number of hydrogen-bond acceptors (Lipinski definition) is 6. The molecule has 0 heterocycles. The van der Waals surface area contributed by atoms with Crippen molar-refractivity contribution in [3.05, 3.63) is 71.3 Å². The minimum atomic E-state index is -1.31. The molecule has 2 aliphatic rings. The molecule has 178 valence electrons. The van der Waals surface area contributed by atoms with Crippen molar-refractivity contribution in [1.82, 2.24) is 10.8 Å². The Kier molecular flexibility index (Phi) is 7.24. The Morgan fingerprint density at radius 3 is 2.32 bits per heavy atom. The Labute approximate surface area is 196 Å². The first-order valence-corrected chi connectivity index (χ1v) is 11.0. The van der Waals surface area contributed by atoms with Crippen LogP contribution in [-0.2, 0) is 23.9 Å². The fourth-order valence-corrected chi connectivity index (χ4v) is 4.32. The van der Waals surface area contributed by atoms with Gasteiger partial charge in [0.05, 0.1) is 6.61 Å². The zero-order valence-electron chi connectivity index (χ0n) is 18.7. The standard InChI is InChI=1S/C25H26N2O7/c1-32-14-22(24(29)30)34-27-23(28)15-10-11-16(12-15)26-25(31)33-13-21-19-8-4-2-6-17(19)18-7-3-5-9-20(18)21/h2-10,16,21-22H,11-14H2,1H3,(H,26,31)(H,27,28)(H,29,30). The molecule has 2 atom stereocenters. The van der Waals surface area contributed by atoms with E-state index in [0.717, 1.165) is 22.3 Å². The lowest BCUT2D eigenvalue weighted by molar-refractivity contribution is -0.163. The second kappa shape index (κ2) is 10.5. The summed E-state index contributed by atoms with van der Waals surface area (Å²) in [6.45, 7) is -0.00209. The Morgan fingerprint density at radius 1 is 1.06 bits per heavy atom. The van der Waals surface area contributed by atoms with Crippen LogP contribution in [0.3, 0.4) is 0 Å². The van der Waals surface area contributed by atoms with Gasteiger partial charge in [-0.2, -0.15) is 0 Å². The molecule has 0 radical (unpaired) electrons. The van der Waals surface area contributed by atoms with Gasteiger partial charge in [-0.05, 0) is 35.1 Å². The lowest BCUT2D eigenvalue weighted by atomic mass is 9.98. The number of rotatable bonds is 9. The van der Waals surface area contributed by atoms with Crippen molar-refractivity contribution >= 4 is 18.0 Å². The van der Waals surface area contributed by atoms with E-state index in [1.165, 1.54) is 7.11 Å². The van der Waals surface area contributed by atoms with Gasteiger partial charge in [-0.1, -0.05) is 54.6 Å². The van der Waals surface area contributed by atoms with E-state index >= 15 is 0 Å². The normalized spacial score (nSPS) is 17.3. The predicted molar refractivity (Wildman–Crippen MR) is 122 cm³/mol. The van der Waals surface area contributed by atoms with Gasteiger partial charge in [0, 0.05) is 24.6 Å². The Morgan fingerprint density at radius 2 is 1.71 bits per heavy atom. The van der Waals surface area contributed by atoms with Gasteiger partial charge in [0.25, 0.3) is 5.91 Å². The van der Waals surface area contributed by atoms with Gasteiger partial charge in [-0.3, -0.25) is 9.63 Å². The lowest BCUT2D eigenvalue weighted by Crippen LogP contribution is -2.38. The maximum Gasteiger partial charge on any atom is 0.407 e. The Bertz CT molecular complexity index is 1070. The molecule has 0 saturated heterocycles. The topological polar surface area (TPSA) is 123 Å². The number of amides is 2. The number of carbonyl (C=O) groups is 3. The number of hydrogen-bond donors (Lipinski definition) is 3. The summed E-state index contributed by atoms with van der Waals surface area (Å²) in [4.78, 5) is 40.7. The fraction of sp³-hybridized carbons (Fsp3) is 0.320. The van der Waals surface area contributed by atoms with Crippen molar-refractivity contribution in [2.75, 3.05) is 20.3 Å². The Hall–Kier alpha value is -3.69. The number of alkyl carbamates (subject to hydrolysis) is 1. The van der Waals surface area contributed by atoms with E-state index in [2.05, 4.69) is 35.1 Å². The summed E-state index contributed by atoms with van der Waals surface area (Å²) < 4.78 is 10.3. The molecule has 9 nitrogen and oxygen atoms in total. The maximum absolute atomic E-state index is 12.5. The van der Waals surface area contributed by atoms with Crippen molar-refractivity contribution in [2.45, 2.75) is 30.9 Å². The van der Waals surface area contributed by atoms with Crippen LogP contribution in [0.4, 0.5) is 4.79 Å². The van der Waals surface area contributed by atoms with Crippen LogP contribution in [0.1, 0.15) is 29.9 Å². The highest BCUT2D eigenvalue weighted by Crippen LogP contribution is 2.44. The second-order valence-electron chi connectivity index (χ2n) is 8.17. The molecule has 4 rings (SSSR count). The van der Waals surface area contributed by atoms with Crippen molar-refractivity contribution in [1.29, 1.82) is 0 Å². The third-order valence-corrected chi connectivity index (χ3v) is 5.96. The van der Waals surface area contributed by atoms with Crippen molar-refractivity contribution in [3.63, 3.8) is 0 Å². The van der Waals surface area contributed by atoms with E-state index in [4.69, 9.17) is 19.4 Å². The van der Waals surface area contributed by atoms with E-state index < -0.39 is 24.1 Å². The number of ether oxygens (including phenoxy) is 2. The number of carbonyl (C=O) groups excluding carboxylic acids is 2. The molecular formula is C25H26N2O7. The Balaban J connectivity index is 1.26. The molecule has 0 aromatic heterocycles. The number of nitrogens with one attached hydrogen (secondary N) is 2. The van der Waals surface area contributed by atoms with Crippen molar-refractivity contribution in [2.24, 2.45) is 0 Å². The molecular weight excluding hydrogens is 440 g/mol. The van der Waals surface area contributed by atoms with Gasteiger partial charge >= 0.3 is 12.1 Å². The van der Waals surface area contributed by atoms with Crippen LogP contribution in [0.25, 0.3) is 11.1 Å². The van der Waals surface area contributed by atoms with Gasteiger partial charge in [0.15, 0.2) is 0 Å². The summed E-state index contributed by atoms with van der Waals surface area (Å²) >= 11 is 0. The first-order valence-electron chi connectivity index (χ1n) is 11.0. The van der Waals surface area contributed by atoms with E-state index in [9.17, 15) is 14.4 Å². The zero-order chi connectivity index (χ0) is 24.1. The molecule has 0 bridgehead atoms. The number of fused-ring (bicyclic) bond motifs is 3. The van der Waals surface area contributed by atoms with Crippen LogP contribution in [0.5, 0.6) is 0 Å². The number of carboxylic acid groups (broad SMARTS) is 1. The monoisotopic (exact) mass is 466 g/mol. The second-order valence-corrected chi connectivity index (χ2v) is 8.17. The largest absolute Gasteiger partial charge is 0.479 e. The van der Waals surface area contributed by atoms with Crippen LogP contribution < -0.4 is 10.8 Å². The van der Waals surface area contributed by atoms with Crippen LogP contribution in [0.15, 0.2) is 60.2 Å². The number of carboxylic acids is 1. The van der Waals surface area contributed by atoms with E-state index in [1.54, 1.807) is 6.08 Å². The van der Waals surface area contributed by atoms with Gasteiger partial charge in [0.1, 0.15) is 6.61 Å². The third-order valence-electron chi connectivity index (χ3n) is 5.96. The molecule has 9 heteroatoms. The molecule has 0 saturated carbocycles. The molecule has 0 fully saturated rings. The number of methoxy groups -OCH3 is 1. The first-order chi connectivity index (χ1) is 16.5. The summed E-state index contributed by atoms with van der Waals surface area (Å²) in [5.41, 5.74) is 7.10. The fourth-order valence-electron chi connectivity index (χ4n) is 4.32. The number of hydroxylamine groups is 1. The SMILES string of the molecule is COCC(ONC(=O)C1=CCC(NC(=O)OCC2c3ccccc3-c3ccccc32)C1)C(=O)O. The van der Waals surface area contributed by atoms with Crippen LogP contribution >= 0.6 is 0 Å². The minimum Gasteiger partial charge on any atom is -0.479 e. The molecule has 2 aliphatic carbocycles. The molecule has 2 aromatic rings. The van der Waals surface area contributed by atoms with Crippen molar-refractivity contribution in [3.8, 4) is 11.1 Å². The summed E-state index contributed by atoms with van der Waals surface area (Å²) in [5, 5.41) is 11.8. The highest BCUT2D eigenvalue weighted by molar-refractivity contribution is 5.93. The van der Waals surface area contributed by atoms with E-state index in [1.807, 2.05) is 24.3 Å². The highest BCUT2D eigenvalue weighted by atomic mass is 16.7. The molecule has 2 amide bonds. The van der Waals surface area contributed by atoms with Gasteiger partial charge in [0.2, 0.25) is 6.10 Å². The van der Waals surface area contributed by atoms with Crippen LogP contribution in [0, 0.1) is 0 Å². The molecule has 2 aromatic carbocycles. The first kappa shape index (κ1) is 23.5. The molecule has 0 spiro atoms. The van der Waals surface area contributed by atoms with Gasteiger partial charge < -0.3 is 19.9 Å². The predicted octanol–water partition coefficient (Wildman–Crippen LogP) is 2.76. The van der Waals surface area contributed by atoms with Crippen LogP contribution in [-0.4, -0.2) is 55.5 Å². The summed E-state index contributed by atoms with van der Waals surface area (Å²) in [6, 6.07) is 15.9. The summed E-state index contributed by atoms with van der Waals surface area (Å²) in [5.74, 6) is -1.84. The number of aliphatic carboxylic acids is 1. The zero-order valence-corrected chi connectivity index (χ0v) is 18.7. The average molecular weight is 466 g/mol. The number of benzene rings is 2. The molecule has 2 unspecified atom stereocenters. The summed E-state index contributed by atoms with van der Waals surface area (Å²) in [7, 11) is 1.33. The van der Waals surface area contributed by atoms with Gasteiger partial charge in [-0.15, -0.1) is 0 Å². The maximum atomic E-state index is 12.5. The van der Waals surface area contributed by atoms with E-state index in [-0.39, 0.29) is 31.6 Å². The minimum absolute atomic E-state index is 0.0346. The average Bonchev–Trinajstić information content (AvgIpc) is 3.43. The van der Waals surface area contributed by atoms with Crippen molar-refractivity contribution < 1.29 is 33.8 Å². The molecule has 34 heavy (non-hydrogen) atoms. The van der Waals surface area contributed by atoms with E-state index in [0.29, 0.717) is 12.0 Å². The third kappa shape index (κ3) is 5.11. The smallest absolute Gasteiger partial charge is 0.407 e. The quantitative estimate of drug-likeness (QED) is 0.486. The summed E-state index contributed by atoms with van der Waals surface area (Å²) in [6.07, 6.45) is 0.545. The molecule has 0 aliphatic heterocycles. The van der Waals surface area contributed by atoms with Gasteiger partial charge in [-0.25, -0.2) is 15.1 Å².